The normalized spacial score (nSPS) is 35.0. The summed E-state index contributed by atoms with van der Waals surface area (Å²) in [6.07, 6.45) is 2.20. The molecule has 7 rings (SSSR count). The smallest absolute Gasteiger partial charge is 0.300 e. The van der Waals surface area contributed by atoms with Gasteiger partial charge in [-0.15, -0.1) is 0 Å². The third-order valence-corrected chi connectivity index (χ3v) is 6.92. The maximum atomic E-state index is 12.9. The van der Waals surface area contributed by atoms with Crippen molar-refractivity contribution in [3.63, 3.8) is 0 Å². The van der Waals surface area contributed by atoms with Gasteiger partial charge in [-0.25, -0.2) is 14.7 Å². The molecule has 0 unspecified atom stereocenters. The van der Waals surface area contributed by atoms with E-state index >= 15 is 0 Å². The van der Waals surface area contributed by atoms with Gasteiger partial charge in [0.05, 0.1) is 43.4 Å². The molecule has 8 nitrogen and oxygen atoms in total. The fourth-order valence-electron chi connectivity index (χ4n) is 6.25. The van der Waals surface area contributed by atoms with E-state index in [2.05, 4.69) is 20.8 Å². The lowest BCUT2D eigenvalue weighted by Gasteiger charge is -2.61. The highest BCUT2D eigenvalue weighted by molar-refractivity contribution is 6.53. The summed E-state index contributed by atoms with van der Waals surface area (Å²) in [7, 11) is 0. The Kier molecular flexibility index (Phi) is 3.65. The number of nitrogens with zero attached hydrogens (tertiary/aromatic N) is 5. The second-order valence-electron chi connectivity index (χ2n) is 9.95. The predicted molar refractivity (Wildman–Crippen MR) is 111 cm³/mol. The van der Waals surface area contributed by atoms with E-state index in [4.69, 9.17) is 4.74 Å². The second-order valence-corrected chi connectivity index (χ2v) is 9.95. The fraction of sp³-hybridized carbons (Fsp3) is 0.545. The van der Waals surface area contributed by atoms with Crippen molar-refractivity contribution in [1.29, 1.82) is 0 Å². The average molecular weight is 410 g/mol. The zero-order chi connectivity index (χ0) is 20.8. The average Bonchev–Trinajstić information content (AvgIpc) is 2.90. The zero-order valence-corrected chi connectivity index (χ0v) is 17.8. The van der Waals surface area contributed by atoms with E-state index in [0.29, 0.717) is 17.9 Å². The Morgan fingerprint density at radius 1 is 1.00 bits per heavy atom. The molecular weight excluding hydrogens is 382 g/mol. The van der Waals surface area contributed by atoms with Crippen LogP contribution in [0.15, 0.2) is 18.2 Å². The maximum Gasteiger partial charge on any atom is 0.300 e. The molecule has 0 spiro atoms. The number of benzene rings is 1. The Labute approximate surface area is 176 Å². The quantitative estimate of drug-likeness (QED) is 0.551. The van der Waals surface area contributed by atoms with E-state index in [0.717, 1.165) is 62.3 Å². The Bertz CT molecular complexity index is 979. The summed E-state index contributed by atoms with van der Waals surface area (Å²) in [6.45, 7) is 13.7. The van der Waals surface area contributed by atoms with Gasteiger partial charge in [-0.1, -0.05) is 0 Å². The Morgan fingerprint density at radius 2 is 1.60 bits per heavy atom. The summed E-state index contributed by atoms with van der Waals surface area (Å²) in [5, 5.41) is 0. The molecule has 6 aliphatic heterocycles. The van der Waals surface area contributed by atoms with E-state index in [9.17, 15) is 9.59 Å². The first-order chi connectivity index (χ1) is 14.3. The number of ether oxygens (including phenoxy) is 1. The standard InChI is InChI=1S/C22H28N5O3/c1-4-30-16-5-17-15(8-27-12-23-9-24(13-27)11-25(10-23)14-27)7-22(2,3)26-19(17)18(6-16)20(28)21(26)29/h5-7H,4,8-14H2,1-3H3/q+1. The summed E-state index contributed by atoms with van der Waals surface area (Å²) in [5.74, 6) is -0.204. The number of hydrogen-bond acceptors (Lipinski definition) is 6. The third-order valence-electron chi connectivity index (χ3n) is 6.92. The van der Waals surface area contributed by atoms with E-state index in [1.807, 2.05) is 26.8 Å². The van der Waals surface area contributed by atoms with Crippen LogP contribution in [-0.2, 0) is 4.79 Å². The van der Waals surface area contributed by atoms with Crippen LogP contribution in [0.2, 0.25) is 0 Å². The summed E-state index contributed by atoms with van der Waals surface area (Å²) >= 11 is 0. The van der Waals surface area contributed by atoms with Gasteiger partial charge in [0.15, 0.2) is 0 Å². The number of rotatable bonds is 4. The van der Waals surface area contributed by atoms with Crippen molar-refractivity contribution in [1.82, 2.24) is 14.7 Å². The van der Waals surface area contributed by atoms with Crippen LogP contribution >= 0.6 is 0 Å². The highest BCUT2D eigenvalue weighted by atomic mass is 16.5. The lowest BCUT2D eigenvalue weighted by Crippen LogP contribution is -2.79. The minimum absolute atomic E-state index is 0.428. The van der Waals surface area contributed by atoms with Crippen molar-refractivity contribution in [3.05, 3.63) is 29.3 Å². The second kappa shape index (κ2) is 5.91. The van der Waals surface area contributed by atoms with Gasteiger partial charge in [0.2, 0.25) is 0 Å². The van der Waals surface area contributed by atoms with Gasteiger partial charge in [0, 0.05) is 11.1 Å². The van der Waals surface area contributed by atoms with Crippen LogP contribution in [0.5, 0.6) is 5.75 Å². The molecule has 4 fully saturated rings. The summed E-state index contributed by atoms with van der Waals surface area (Å²) in [5.41, 5.74) is 2.89. The van der Waals surface area contributed by atoms with Crippen LogP contribution in [-0.4, -0.2) is 89.6 Å². The van der Waals surface area contributed by atoms with Gasteiger partial charge in [-0.05, 0) is 39.0 Å². The van der Waals surface area contributed by atoms with Crippen LogP contribution in [0.4, 0.5) is 5.69 Å². The number of Topliss-reactive ketones (excluding diaryl/α,β-unsaturated/α-hetero) is 1. The molecule has 4 saturated heterocycles. The molecule has 4 bridgehead atoms. The van der Waals surface area contributed by atoms with Gasteiger partial charge in [0.25, 0.3) is 11.7 Å². The monoisotopic (exact) mass is 410 g/mol. The summed E-state index contributed by atoms with van der Waals surface area (Å²) < 4.78 is 6.74. The van der Waals surface area contributed by atoms with Crippen LogP contribution in [0.3, 0.4) is 0 Å². The SMILES string of the molecule is CCOc1cc2c3c(c1)C(C[N+]14CN5CN(CN(C5)C1)C4)=CC(C)(C)N3C(=O)C2=O. The number of hydrogen-bond donors (Lipinski definition) is 0. The number of amides is 1. The molecule has 6 aliphatic rings. The van der Waals surface area contributed by atoms with Gasteiger partial charge >= 0.3 is 0 Å². The zero-order valence-electron chi connectivity index (χ0n) is 17.8. The molecular formula is C22H28N5O3+. The molecule has 0 aliphatic carbocycles. The molecule has 0 atom stereocenters. The molecule has 8 heteroatoms. The third kappa shape index (κ3) is 2.48. The minimum atomic E-state index is -0.541. The summed E-state index contributed by atoms with van der Waals surface area (Å²) in [6, 6.07) is 3.76. The lowest BCUT2D eigenvalue weighted by molar-refractivity contribution is -0.974. The molecule has 0 saturated carbocycles. The molecule has 6 heterocycles. The molecule has 0 aromatic heterocycles. The molecule has 0 radical (unpaired) electrons. The highest BCUT2D eigenvalue weighted by Crippen LogP contribution is 2.48. The van der Waals surface area contributed by atoms with Crippen LogP contribution in [0, 0.1) is 0 Å². The molecule has 158 valence electrons. The Hall–Kier alpha value is -2.26. The van der Waals surface area contributed by atoms with Gasteiger partial charge in [0.1, 0.15) is 32.3 Å². The van der Waals surface area contributed by atoms with Crippen molar-refractivity contribution >= 4 is 23.0 Å². The van der Waals surface area contributed by atoms with Crippen LogP contribution in [0.1, 0.15) is 36.7 Å². The lowest BCUT2D eigenvalue weighted by atomic mass is 9.87. The molecule has 1 aromatic rings. The molecule has 1 amide bonds. The maximum absolute atomic E-state index is 12.9. The highest BCUT2D eigenvalue weighted by Gasteiger charge is 2.52. The van der Waals surface area contributed by atoms with Gasteiger partial charge < -0.3 is 4.74 Å². The number of ketones is 1. The predicted octanol–water partition coefficient (Wildman–Crippen LogP) is 1.30. The fourth-order valence-corrected chi connectivity index (χ4v) is 6.25. The topological polar surface area (TPSA) is 56.3 Å². The molecule has 0 N–H and O–H groups in total. The first-order valence-electron chi connectivity index (χ1n) is 10.7. The van der Waals surface area contributed by atoms with Gasteiger partial charge in [-0.2, -0.15) is 0 Å². The van der Waals surface area contributed by atoms with Gasteiger partial charge in [-0.3, -0.25) is 19.0 Å². The first kappa shape index (κ1) is 18.5. The summed E-state index contributed by atoms with van der Waals surface area (Å²) in [4.78, 5) is 34.9. The van der Waals surface area contributed by atoms with E-state index in [-0.39, 0.29) is 0 Å². The van der Waals surface area contributed by atoms with E-state index in [1.165, 1.54) is 5.57 Å². The minimum Gasteiger partial charge on any atom is -0.494 e. The van der Waals surface area contributed by atoms with Crippen molar-refractivity contribution in [2.24, 2.45) is 0 Å². The van der Waals surface area contributed by atoms with Crippen LogP contribution < -0.4 is 9.64 Å². The Balaban J connectivity index is 1.47. The first-order valence-corrected chi connectivity index (χ1v) is 10.7. The molecule has 30 heavy (non-hydrogen) atoms. The largest absolute Gasteiger partial charge is 0.494 e. The van der Waals surface area contributed by atoms with Crippen molar-refractivity contribution in [2.75, 3.05) is 58.1 Å². The van der Waals surface area contributed by atoms with E-state index in [1.54, 1.807) is 11.0 Å². The number of quaternary nitrogens is 1. The van der Waals surface area contributed by atoms with E-state index < -0.39 is 17.2 Å². The van der Waals surface area contributed by atoms with Crippen molar-refractivity contribution in [2.45, 2.75) is 26.3 Å². The van der Waals surface area contributed by atoms with Crippen molar-refractivity contribution in [3.8, 4) is 5.75 Å². The number of carbonyl (C=O) groups is 2. The van der Waals surface area contributed by atoms with Crippen LogP contribution in [0.25, 0.3) is 5.57 Å². The number of anilines is 1. The van der Waals surface area contributed by atoms with Crippen molar-refractivity contribution < 1.29 is 18.8 Å². The molecule has 1 aromatic carbocycles. The Morgan fingerprint density at radius 3 is 2.20 bits per heavy atom. The number of carbonyl (C=O) groups excluding carboxylic acids is 2.